The highest BCUT2D eigenvalue weighted by Gasteiger charge is 2.00. The zero-order valence-electron chi connectivity index (χ0n) is 7.41. The van der Waals surface area contributed by atoms with Crippen LogP contribution in [0.3, 0.4) is 0 Å². The average Bonchev–Trinajstić information content (AvgIpc) is 2.01. The van der Waals surface area contributed by atoms with Gasteiger partial charge in [0.2, 0.25) is 0 Å². The van der Waals surface area contributed by atoms with E-state index in [1.54, 1.807) is 7.11 Å². The quantitative estimate of drug-likeness (QED) is 0.350. The third-order valence-corrected chi connectivity index (χ3v) is 2.15. The molecule has 1 atom stereocenters. The summed E-state index contributed by atoms with van der Waals surface area (Å²) in [5.74, 6) is 0. The van der Waals surface area contributed by atoms with Crippen LogP contribution in [-0.2, 0) is 9.05 Å². The van der Waals surface area contributed by atoms with Crippen LogP contribution >= 0.6 is 8.38 Å². The van der Waals surface area contributed by atoms with Crippen LogP contribution in [0.4, 0.5) is 0 Å². The molecule has 1 unspecified atom stereocenters. The molecule has 0 N–H and O–H groups in total. The maximum Gasteiger partial charge on any atom is 0.168 e. The molecule has 0 aliphatic rings. The van der Waals surface area contributed by atoms with Crippen LogP contribution in [0.5, 0.6) is 0 Å². The van der Waals surface area contributed by atoms with E-state index in [-0.39, 0.29) is 0 Å². The molecule has 0 radical (unpaired) electrons. The first kappa shape index (κ1) is 11.1. The molecule has 0 aromatic carbocycles. The lowest BCUT2D eigenvalue weighted by Crippen LogP contribution is -2.20. The normalized spacial score (nSPS) is 13.5. The maximum absolute atomic E-state index is 5.33. The number of hydrogen-bond acceptors (Lipinski definition) is 3. The van der Waals surface area contributed by atoms with Gasteiger partial charge in [-0.2, -0.15) is 0 Å². The molecule has 0 aliphatic carbocycles. The minimum atomic E-state index is -0.698. The van der Waals surface area contributed by atoms with Gasteiger partial charge in [-0.1, -0.05) is 6.08 Å². The summed E-state index contributed by atoms with van der Waals surface area (Å²) in [5.41, 5.74) is 0. The average molecular weight is 177 g/mol. The summed E-state index contributed by atoms with van der Waals surface area (Å²) in [6.45, 7) is 6.99. The summed E-state index contributed by atoms with van der Waals surface area (Å²) in [5, 5.41) is 0. The lowest BCUT2D eigenvalue weighted by Gasteiger charge is -2.16. The first-order chi connectivity index (χ1) is 5.20. The predicted octanol–water partition coefficient (Wildman–Crippen LogP) is 1.67. The molecule has 0 rings (SSSR count). The molecule has 0 heterocycles. The Hall–Kier alpha value is 0.0500. The van der Waals surface area contributed by atoms with Crippen LogP contribution in [-0.4, -0.2) is 39.0 Å². The number of hydrogen-bond donors (Lipinski definition) is 0. The van der Waals surface area contributed by atoms with E-state index in [9.17, 15) is 0 Å². The second-order valence-corrected chi connectivity index (χ2v) is 3.71. The van der Waals surface area contributed by atoms with E-state index >= 15 is 0 Å². The van der Waals surface area contributed by atoms with Gasteiger partial charge in [0.05, 0.1) is 0 Å². The largest absolute Gasteiger partial charge is 0.338 e. The lowest BCUT2D eigenvalue weighted by atomic mass is 10.6. The fraction of sp³-hybridized carbons (Fsp3) is 0.714. The van der Waals surface area contributed by atoms with Gasteiger partial charge in [-0.05, 0) is 7.05 Å². The van der Waals surface area contributed by atoms with Gasteiger partial charge >= 0.3 is 0 Å². The molecule has 4 heteroatoms. The SMILES string of the molecule is C=CCN(C)COP(C)OC. The summed E-state index contributed by atoms with van der Waals surface area (Å²) < 4.78 is 10.3. The van der Waals surface area contributed by atoms with Crippen LogP contribution in [0.15, 0.2) is 12.7 Å². The first-order valence-corrected chi connectivity index (χ1v) is 5.03. The van der Waals surface area contributed by atoms with Crippen molar-refractivity contribution in [3.63, 3.8) is 0 Å². The van der Waals surface area contributed by atoms with Crippen molar-refractivity contribution >= 4 is 8.38 Å². The molecule has 0 fully saturated rings. The van der Waals surface area contributed by atoms with Crippen LogP contribution in [0, 0.1) is 0 Å². The highest BCUT2D eigenvalue weighted by atomic mass is 31.2. The van der Waals surface area contributed by atoms with Crippen LogP contribution < -0.4 is 0 Å². The minimum Gasteiger partial charge on any atom is -0.338 e. The van der Waals surface area contributed by atoms with Crippen LogP contribution in [0.25, 0.3) is 0 Å². The van der Waals surface area contributed by atoms with Gasteiger partial charge in [0.25, 0.3) is 0 Å². The predicted molar refractivity (Wildman–Crippen MR) is 48.6 cm³/mol. The van der Waals surface area contributed by atoms with Crippen molar-refractivity contribution in [2.45, 2.75) is 0 Å². The molecule has 0 spiro atoms. The first-order valence-electron chi connectivity index (χ1n) is 3.41. The summed E-state index contributed by atoms with van der Waals surface area (Å²) >= 11 is 0. The molecule has 11 heavy (non-hydrogen) atoms. The summed E-state index contributed by atoms with van der Waals surface area (Å²) in [7, 11) is 2.93. The number of nitrogens with zero attached hydrogens (tertiary/aromatic N) is 1. The second kappa shape index (κ2) is 6.74. The van der Waals surface area contributed by atoms with E-state index in [1.165, 1.54) is 0 Å². The standard InChI is InChI=1S/C7H16NO2P/c1-5-6-8(2)7-10-11(4)9-3/h5H,1,6-7H2,2-4H3. The Morgan fingerprint density at radius 1 is 1.64 bits per heavy atom. The summed E-state index contributed by atoms with van der Waals surface area (Å²) in [6.07, 6.45) is 1.84. The summed E-state index contributed by atoms with van der Waals surface area (Å²) in [6, 6.07) is 0. The Morgan fingerprint density at radius 2 is 2.27 bits per heavy atom. The number of rotatable bonds is 6. The van der Waals surface area contributed by atoms with Crippen molar-refractivity contribution in [2.75, 3.05) is 34.1 Å². The Labute approximate surface area is 69.9 Å². The Balaban J connectivity index is 3.29. The minimum absolute atomic E-state index is 0.599. The number of likely N-dealkylation sites (N-methyl/N-ethyl adjacent to an activating group) is 1. The topological polar surface area (TPSA) is 21.7 Å². The Kier molecular flexibility index (Phi) is 6.77. The van der Waals surface area contributed by atoms with E-state index in [1.807, 2.05) is 24.7 Å². The van der Waals surface area contributed by atoms with Gasteiger partial charge in [0, 0.05) is 20.3 Å². The van der Waals surface area contributed by atoms with E-state index in [4.69, 9.17) is 9.05 Å². The van der Waals surface area contributed by atoms with Gasteiger partial charge in [-0.25, -0.2) is 0 Å². The Morgan fingerprint density at radius 3 is 2.73 bits per heavy atom. The molecule has 0 bridgehead atoms. The Bertz CT molecular complexity index is 111. The van der Waals surface area contributed by atoms with E-state index < -0.39 is 8.38 Å². The molecule has 0 saturated carbocycles. The highest BCUT2D eigenvalue weighted by Crippen LogP contribution is 2.31. The van der Waals surface area contributed by atoms with Crippen LogP contribution in [0.1, 0.15) is 0 Å². The van der Waals surface area contributed by atoms with Crippen molar-refractivity contribution < 1.29 is 9.05 Å². The highest BCUT2D eigenvalue weighted by molar-refractivity contribution is 7.46. The van der Waals surface area contributed by atoms with Crippen molar-refractivity contribution in [1.29, 1.82) is 0 Å². The van der Waals surface area contributed by atoms with Crippen molar-refractivity contribution in [1.82, 2.24) is 4.90 Å². The molecule has 0 amide bonds. The van der Waals surface area contributed by atoms with Gasteiger partial charge in [-0.3, -0.25) is 4.90 Å². The van der Waals surface area contributed by atoms with Gasteiger partial charge in [0.15, 0.2) is 8.38 Å². The monoisotopic (exact) mass is 177 g/mol. The van der Waals surface area contributed by atoms with Gasteiger partial charge < -0.3 is 9.05 Å². The van der Waals surface area contributed by atoms with Crippen LogP contribution in [0.2, 0.25) is 0 Å². The third kappa shape index (κ3) is 6.45. The fourth-order valence-corrected chi connectivity index (χ4v) is 0.971. The summed E-state index contributed by atoms with van der Waals surface area (Å²) in [4.78, 5) is 2.02. The zero-order chi connectivity index (χ0) is 8.69. The third-order valence-electron chi connectivity index (χ3n) is 1.16. The van der Waals surface area contributed by atoms with Crippen molar-refractivity contribution in [3.8, 4) is 0 Å². The smallest absolute Gasteiger partial charge is 0.168 e. The molecule has 3 nitrogen and oxygen atoms in total. The molecule has 0 aliphatic heterocycles. The lowest BCUT2D eigenvalue weighted by molar-refractivity contribution is 0.161. The second-order valence-electron chi connectivity index (χ2n) is 2.21. The van der Waals surface area contributed by atoms with Gasteiger partial charge in [0.1, 0.15) is 6.73 Å². The molecular weight excluding hydrogens is 161 g/mol. The van der Waals surface area contributed by atoms with Gasteiger partial charge in [-0.15, -0.1) is 6.58 Å². The van der Waals surface area contributed by atoms with Crippen molar-refractivity contribution in [3.05, 3.63) is 12.7 Å². The molecule has 0 aromatic heterocycles. The molecule has 0 saturated heterocycles. The zero-order valence-corrected chi connectivity index (χ0v) is 8.30. The van der Waals surface area contributed by atoms with E-state index in [0.717, 1.165) is 6.54 Å². The maximum atomic E-state index is 5.33. The molecule has 0 aromatic rings. The molecule has 66 valence electrons. The van der Waals surface area contributed by atoms with Crippen molar-refractivity contribution in [2.24, 2.45) is 0 Å². The van der Waals surface area contributed by atoms with E-state index in [0.29, 0.717) is 6.73 Å². The molecular formula is C7H16NO2P. The van der Waals surface area contributed by atoms with E-state index in [2.05, 4.69) is 6.58 Å². The fourth-order valence-electron chi connectivity index (χ4n) is 0.506.